The van der Waals surface area contributed by atoms with Crippen molar-refractivity contribution in [2.24, 2.45) is 5.84 Å². The molecule has 0 fully saturated rings. The second kappa shape index (κ2) is 4.69. The van der Waals surface area contributed by atoms with Gasteiger partial charge < -0.3 is 8.98 Å². The summed E-state index contributed by atoms with van der Waals surface area (Å²) in [6.07, 6.45) is 3.62. The largest absolute Gasteiger partial charge is 0.447 e. The molecule has 0 radical (unpaired) electrons. The molecule has 0 amide bonds. The third-order valence-electron chi connectivity index (χ3n) is 2.39. The van der Waals surface area contributed by atoms with Gasteiger partial charge in [0, 0.05) is 18.9 Å². The molecule has 2 heterocycles. The van der Waals surface area contributed by atoms with Gasteiger partial charge in [0.1, 0.15) is 17.6 Å². The first kappa shape index (κ1) is 11.2. The van der Waals surface area contributed by atoms with Crippen LogP contribution in [-0.4, -0.2) is 9.55 Å². The number of hydrazine groups is 1. The Bertz CT molecular complexity index is 465. The predicted octanol–water partition coefficient (Wildman–Crippen LogP) is 1.70. The molecule has 2 aromatic rings. The van der Waals surface area contributed by atoms with E-state index in [-0.39, 0.29) is 6.04 Å². The molecule has 0 saturated heterocycles. The molecule has 2 rings (SSSR count). The Hall–Kier alpha value is -1.30. The van der Waals surface area contributed by atoms with E-state index in [1.807, 2.05) is 17.7 Å². The van der Waals surface area contributed by atoms with Gasteiger partial charge in [-0.2, -0.15) is 0 Å². The first-order valence-electron chi connectivity index (χ1n) is 4.98. The van der Waals surface area contributed by atoms with Crippen molar-refractivity contribution in [3.8, 4) is 0 Å². The summed E-state index contributed by atoms with van der Waals surface area (Å²) in [5.74, 6) is 6.97. The van der Waals surface area contributed by atoms with Gasteiger partial charge in [0.05, 0.1) is 0 Å². The number of aromatic nitrogens is 2. The van der Waals surface area contributed by atoms with Gasteiger partial charge in [0.25, 0.3) is 0 Å². The Morgan fingerprint density at radius 3 is 3.00 bits per heavy atom. The Kier molecular flexibility index (Phi) is 3.28. The van der Waals surface area contributed by atoms with Crippen molar-refractivity contribution in [1.82, 2.24) is 15.0 Å². The number of hydrogen-bond acceptors (Lipinski definition) is 4. The molecule has 3 N–H and O–H groups in total. The quantitative estimate of drug-likeness (QED) is 0.631. The predicted molar refractivity (Wildman–Crippen MR) is 60.8 cm³/mol. The Balaban J connectivity index is 2.36. The molecule has 1 unspecified atom stereocenters. The van der Waals surface area contributed by atoms with E-state index in [4.69, 9.17) is 21.9 Å². The molecule has 6 heteroatoms. The minimum absolute atomic E-state index is 0.289. The Labute approximate surface area is 98.2 Å². The average Bonchev–Trinajstić information content (AvgIpc) is 2.89. The van der Waals surface area contributed by atoms with Gasteiger partial charge in [0.2, 0.25) is 0 Å². The van der Waals surface area contributed by atoms with Crippen LogP contribution in [0.5, 0.6) is 0 Å². The fourth-order valence-corrected chi connectivity index (χ4v) is 1.77. The van der Waals surface area contributed by atoms with Gasteiger partial charge in [0.15, 0.2) is 5.22 Å². The summed E-state index contributed by atoms with van der Waals surface area (Å²) < 4.78 is 7.32. The van der Waals surface area contributed by atoms with E-state index in [9.17, 15) is 0 Å². The number of nitrogens with two attached hydrogens (primary N) is 1. The molecule has 0 aliphatic carbocycles. The van der Waals surface area contributed by atoms with Crippen LogP contribution in [0.15, 0.2) is 28.9 Å². The van der Waals surface area contributed by atoms with Crippen LogP contribution in [-0.2, 0) is 6.54 Å². The number of imidazole rings is 1. The summed E-state index contributed by atoms with van der Waals surface area (Å²) in [4.78, 5) is 4.26. The maximum Gasteiger partial charge on any atom is 0.193 e. The second-order valence-corrected chi connectivity index (χ2v) is 3.69. The number of halogens is 1. The van der Waals surface area contributed by atoms with Gasteiger partial charge in [-0.3, -0.25) is 5.84 Å². The molecule has 1 atom stereocenters. The van der Waals surface area contributed by atoms with Crippen LogP contribution in [0.3, 0.4) is 0 Å². The molecule has 2 aromatic heterocycles. The minimum Gasteiger partial charge on any atom is -0.447 e. The first-order chi connectivity index (χ1) is 7.76. The third kappa shape index (κ3) is 1.97. The normalized spacial score (nSPS) is 12.9. The van der Waals surface area contributed by atoms with Crippen LogP contribution in [0.1, 0.15) is 24.6 Å². The van der Waals surface area contributed by atoms with Gasteiger partial charge in [-0.05, 0) is 30.7 Å². The molecule has 0 saturated carbocycles. The fourth-order valence-electron chi connectivity index (χ4n) is 1.62. The highest BCUT2D eigenvalue weighted by Gasteiger charge is 2.20. The first-order valence-corrected chi connectivity index (χ1v) is 5.36. The summed E-state index contributed by atoms with van der Waals surface area (Å²) in [6.45, 7) is 2.86. The standard InChI is InChI=1S/C10H13ClN4O/c1-2-15-6-5-13-10(15)9(14-12)7-3-4-8(11)16-7/h3-6,9,14H,2,12H2,1H3. The highest BCUT2D eigenvalue weighted by atomic mass is 35.5. The lowest BCUT2D eigenvalue weighted by Gasteiger charge is -2.14. The third-order valence-corrected chi connectivity index (χ3v) is 2.59. The summed E-state index contributed by atoms with van der Waals surface area (Å²) in [6, 6.07) is 3.17. The van der Waals surface area contributed by atoms with Crippen LogP contribution in [0.25, 0.3) is 0 Å². The summed E-state index contributed by atoms with van der Waals surface area (Å²) in [5, 5.41) is 0.338. The van der Waals surface area contributed by atoms with Crippen LogP contribution in [0, 0.1) is 0 Å². The van der Waals surface area contributed by atoms with E-state index in [1.54, 1.807) is 18.3 Å². The van der Waals surface area contributed by atoms with Crippen molar-refractivity contribution in [2.75, 3.05) is 0 Å². The molecule has 0 aliphatic heterocycles. The van der Waals surface area contributed by atoms with Gasteiger partial charge in [-0.25, -0.2) is 10.4 Å². The van der Waals surface area contributed by atoms with Crippen LogP contribution in [0.4, 0.5) is 0 Å². The zero-order valence-electron chi connectivity index (χ0n) is 8.85. The zero-order chi connectivity index (χ0) is 11.5. The number of rotatable bonds is 4. The van der Waals surface area contributed by atoms with E-state index < -0.39 is 0 Å². The molecule has 0 aromatic carbocycles. The van der Waals surface area contributed by atoms with Gasteiger partial charge >= 0.3 is 0 Å². The highest BCUT2D eigenvalue weighted by Crippen LogP contribution is 2.24. The maximum atomic E-state index is 5.73. The number of nitrogens with one attached hydrogen (secondary N) is 1. The molecular formula is C10H13ClN4O. The van der Waals surface area contributed by atoms with E-state index in [1.165, 1.54) is 0 Å². The van der Waals surface area contributed by atoms with Crippen LogP contribution < -0.4 is 11.3 Å². The fraction of sp³-hybridized carbons (Fsp3) is 0.300. The topological polar surface area (TPSA) is 69.0 Å². The lowest BCUT2D eigenvalue weighted by molar-refractivity contribution is 0.433. The zero-order valence-corrected chi connectivity index (χ0v) is 9.61. The number of nitrogens with zero attached hydrogens (tertiary/aromatic N) is 2. The molecular weight excluding hydrogens is 228 g/mol. The lowest BCUT2D eigenvalue weighted by atomic mass is 10.2. The number of hydrogen-bond donors (Lipinski definition) is 2. The van der Waals surface area contributed by atoms with E-state index in [0.29, 0.717) is 11.0 Å². The molecule has 5 nitrogen and oxygen atoms in total. The monoisotopic (exact) mass is 240 g/mol. The molecule has 0 aliphatic rings. The lowest BCUT2D eigenvalue weighted by Crippen LogP contribution is -2.30. The average molecular weight is 241 g/mol. The number of furan rings is 1. The molecule has 16 heavy (non-hydrogen) atoms. The summed E-state index contributed by atoms with van der Waals surface area (Å²) in [5.41, 5.74) is 2.67. The van der Waals surface area contributed by atoms with E-state index in [0.717, 1.165) is 12.4 Å². The van der Waals surface area contributed by atoms with Gasteiger partial charge in [-0.1, -0.05) is 0 Å². The van der Waals surface area contributed by atoms with Crippen molar-refractivity contribution in [1.29, 1.82) is 0 Å². The van der Waals surface area contributed by atoms with Crippen LogP contribution >= 0.6 is 11.6 Å². The SMILES string of the molecule is CCn1ccnc1C(NN)c1ccc(Cl)o1. The van der Waals surface area contributed by atoms with Crippen molar-refractivity contribution >= 4 is 11.6 Å². The van der Waals surface area contributed by atoms with Crippen molar-refractivity contribution in [3.05, 3.63) is 41.3 Å². The molecule has 86 valence electrons. The minimum atomic E-state index is -0.289. The van der Waals surface area contributed by atoms with Gasteiger partial charge in [-0.15, -0.1) is 0 Å². The smallest absolute Gasteiger partial charge is 0.193 e. The molecule has 0 spiro atoms. The Morgan fingerprint density at radius 2 is 2.44 bits per heavy atom. The summed E-state index contributed by atoms with van der Waals surface area (Å²) >= 11 is 5.73. The Morgan fingerprint density at radius 1 is 1.62 bits per heavy atom. The van der Waals surface area contributed by atoms with Crippen LogP contribution in [0.2, 0.25) is 5.22 Å². The highest BCUT2D eigenvalue weighted by molar-refractivity contribution is 6.28. The van der Waals surface area contributed by atoms with Crippen molar-refractivity contribution in [3.63, 3.8) is 0 Å². The maximum absolute atomic E-state index is 5.73. The van der Waals surface area contributed by atoms with E-state index >= 15 is 0 Å². The number of aryl methyl sites for hydroxylation is 1. The van der Waals surface area contributed by atoms with E-state index in [2.05, 4.69) is 10.4 Å². The molecule has 0 bridgehead atoms. The summed E-state index contributed by atoms with van der Waals surface area (Å²) in [7, 11) is 0. The van der Waals surface area contributed by atoms with Crippen molar-refractivity contribution in [2.45, 2.75) is 19.5 Å². The van der Waals surface area contributed by atoms with Crippen molar-refractivity contribution < 1.29 is 4.42 Å². The second-order valence-electron chi connectivity index (χ2n) is 3.31.